The van der Waals surface area contributed by atoms with E-state index < -0.39 is 0 Å². The summed E-state index contributed by atoms with van der Waals surface area (Å²) in [6.07, 6.45) is 2.03. The van der Waals surface area contributed by atoms with Gasteiger partial charge in [0.05, 0.1) is 24.6 Å². The normalized spacial score (nSPS) is 11.4. The van der Waals surface area contributed by atoms with Crippen LogP contribution in [-0.2, 0) is 11.3 Å². The summed E-state index contributed by atoms with van der Waals surface area (Å²) in [5.74, 6) is 0. The molecule has 4 nitrogen and oxygen atoms in total. The van der Waals surface area contributed by atoms with Crippen LogP contribution < -0.4 is 5.43 Å². The van der Waals surface area contributed by atoms with Crippen molar-refractivity contribution in [2.45, 2.75) is 33.5 Å². The lowest BCUT2D eigenvalue weighted by Gasteiger charge is -2.07. The predicted octanol–water partition coefficient (Wildman–Crippen LogP) is 3.82. The number of nitrogens with one attached hydrogen (secondary N) is 1. The SMILES string of the molecule is Cc1csc(NN=Cc2cccc(COC(C)C)c2)n1. The monoisotopic (exact) mass is 289 g/mol. The third kappa shape index (κ3) is 4.75. The van der Waals surface area contributed by atoms with E-state index in [1.807, 2.05) is 38.3 Å². The average molecular weight is 289 g/mol. The van der Waals surface area contributed by atoms with E-state index in [1.165, 1.54) is 0 Å². The molecular weight excluding hydrogens is 270 g/mol. The van der Waals surface area contributed by atoms with Crippen molar-refractivity contribution in [3.05, 3.63) is 46.5 Å². The summed E-state index contributed by atoms with van der Waals surface area (Å²) in [5, 5.41) is 6.99. The number of aromatic nitrogens is 1. The van der Waals surface area contributed by atoms with Gasteiger partial charge in [-0.1, -0.05) is 18.2 Å². The van der Waals surface area contributed by atoms with Gasteiger partial charge in [0.15, 0.2) is 0 Å². The van der Waals surface area contributed by atoms with Crippen LogP contribution in [0.2, 0.25) is 0 Å². The first-order valence-corrected chi connectivity index (χ1v) is 7.43. The number of hydrazone groups is 1. The Kier molecular flexibility index (Phi) is 5.26. The minimum atomic E-state index is 0.238. The van der Waals surface area contributed by atoms with E-state index in [1.54, 1.807) is 17.6 Å². The lowest BCUT2D eigenvalue weighted by Crippen LogP contribution is -2.02. The summed E-state index contributed by atoms with van der Waals surface area (Å²) in [6.45, 7) is 6.65. The second-order valence-electron chi connectivity index (χ2n) is 4.77. The van der Waals surface area contributed by atoms with Crippen molar-refractivity contribution in [1.82, 2.24) is 4.98 Å². The minimum absolute atomic E-state index is 0.238. The fourth-order valence-corrected chi connectivity index (χ4v) is 2.23. The number of benzene rings is 1. The summed E-state index contributed by atoms with van der Waals surface area (Å²) in [7, 11) is 0. The van der Waals surface area contributed by atoms with Crippen LogP contribution in [0.4, 0.5) is 5.13 Å². The Bertz CT molecular complexity index is 578. The summed E-state index contributed by atoms with van der Waals surface area (Å²) in [4.78, 5) is 4.28. The fourth-order valence-electron chi connectivity index (χ4n) is 1.59. The Morgan fingerprint density at radius 1 is 1.45 bits per heavy atom. The lowest BCUT2D eigenvalue weighted by atomic mass is 10.1. The molecule has 0 saturated heterocycles. The second-order valence-corrected chi connectivity index (χ2v) is 5.63. The number of anilines is 1. The van der Waals surface area contributed by atoms with Crippen molar-refractivity contribution in [2.75, 3.05) is 5.43 Å². The van der Waals surface area contributed by atoms with Gasteiger partial charge in [-0.15, -0.1) is 11.3 Å². The van der Waals surface area contributed by atoms with Crippen LogP contribution in [0.15, 0.2) is 34.7 Å². The molecule has 1 heterocycles. The highest BCUT2D eigenvalue weighted by atomic mass is 32.1. The average Bonchev–Trinajstić information content (AvgIpc) is 2.83. The van der Waals surface area contributed by atoms with E-state index in [0.29, 0.717) is 6.61 Å². The lowest BCUT2D eigenvalue weighted by molar-refractivity contribution is 0.0657. The van der Waals surface area contributed by atoms with Gasteiger partial charge in [-0.2, -0.15) is 5.10 Å². The van der Waals surface area contributed by atoms with E-state index in [4.69, 9.17) is 4.74 Å². The fraction of sp³-hybridized carbons (Fsp3) is 0.333. The molecule has 0 bridgehead atoms. The second kappa shape index (κ2) is 7.17. The molecule has 0 saturated carbocycles. The first-order chi connectivity index (χ1) is 9.63. The van der Waals surface area contributed by atoms with Crippen molar-refractivity contribution in [3.63, 3.8) is 0 Å². The maximum atomic E-state index is 5.59. The standard InChI is InChI=1S/C15H19N3OS/c1-11(2)19-9-14-6-4-5-13(7-14)8-16-18-15-17-12(3)10-20-15/h4-8,10-11H,9H2,1-3H3,(H,17,18). The minimum Gasteiger partial charge on any atom is -0.374 e. The number of hydrogen-bond acceptors (Lipinski definition) is 5. The summed E-state index contributed by atoms with van der Waals surface area (Å²) in [6, 6.07) is 8.14. The molecule has 0 amide bonds. The third-order valence-corrected chi connectivity index (χ3v) is 3.39. The summed E-state index contributed by atoms with van der Waals surface area (Å²) >= 11 is 1.54. The predicted molar refractivity (Wildman–Crippen MR) is 84.4 cm³/mol. The molecule has 2 rings (SSSR count). The van der Waals surface area contributed by atoms with Crippen LogP contribution >= 0.6 is 11.3 Å². The molecule has 5 heteroatoms. The highest BCUT2D eigenvalue weighted by Gasteiger charge is 1.98. The van der Waals surface area contributed by atoms with E-state index in [2.05, 4.69) is 27.6 Å². The molecule has 0 spiro atoms. The van der Waals surface area contributed by atoms with E-state index in [-0.39, 0.29) is 6.10 Å². The van der Waals surface area contributed by atoms with E-state index in [9.17, 15) is 0 Å². The van der Waals surface area contributed by atoms with Crippen LogP contribution in [0.25, 0.3) is 0 Å². The zero-order valence-corrected chi connectivity index (χ0v) is 12.8. The smallest absolute Gasteiger partial charge is 0.203 e. The van der Waals surface area contributed by atoms with Gasteiger partial charge >= 0.3 is 0 Å². The van der Waals surface area contributed by atoms with Crippen LogP contribution in [0.1, 0.15) is 30.7 Å². The van der Waals surface area contributed by atoms with Gasteiger partial charge in [0.25, 0.3) is 0 Å². The van der Waals surface area contributed by atoms with Crippen LogP contribution in [-0.4, -0.2) is 17.3 Å². The van der Waals surface area contributed by atoms with Gasteiger partial charge in [0.1, 0.15) is 0 Å². The molecule has 0 radical (unpaired) electrons. The Hall–Kier alpha value is -1.72. The van der Waals surface area contributed by atoms with Gasteiger partial charge in [-0.05, 0) is 38.0 Å². The van der Waals surface area contributed by atoms with Crippen molar-refractivity contribution in [2.24, 2.45) is 5.10 Å². The highest BCUT2D eigenvalue weighted by molar-refractivity contribution is 7.13. The van der Waals surface area contributed by atoms with Gasteiger partial charge < -0.3 is 4.74 Å². The Balaban J connectivity index is 1.93. The third-order valence-electron chi connectivity index (χ3n) is 2.53. The number of rotatable bonds is 6. The Labute approximate surface area is 123 Å². The maximum Gasteiger partial charge on any atom is 0.203 e. The first-order valence-electron chi connectivity index (χ1n) is 6.55. The molecule has 0 unspecified atom stereocenters. The number of thiazole rings is 1. The molecular formula is C15H19N3OS. The molecule has 0 aliphatic rings. The number of aryl methyl sites for hydroxylation is 1. The Morgan fingerprint density at radius 3 is 3.00 bits per heavy atom. The molecule has 0 fully saturated rings. The molecule has 2 aromatic rings. The van der Waals surface area contributed by atoms with Crippen molar-refractivity contribution < 1.29 is 4.74 Å². The van der Waals surface area contributed by atoms with Crippen LogP contribution in [0, 0.1) is 6.92 Å². The summed E-state index contributed by atoms with van der Waals surface area (Å²) in [5.41, 5.74) is 6.11. The largest absolute Gasteiger partial charge is 0.374 e. The van der Waals surface area contributed by atoms with Gasteiger partial charge in [-0.3, -0.25) is 5.43 Å². The van der Waals surface area contributed by atoms with Gasteiger partial charge in [-0.25, -0.2) is 4.98 Å². The number of hydrogen-bond donors (Lipinski definition) is 1. The van der Waals surface area contributed by atoms with Crippen LogP contribution in [0.5, 0.6) is 0 Å². The molecule has 0 aliphatic heterocycles. The maximum absolute atomic E-state index is 5.59. The molecule has 0 atom stereocenters. The number of ether oxygens (including phenoxy) is 1. The van der Waals surface area contributed by atoms with Crippen molar-refractivity contribution >= 4 is 22.7 Å². The van der Waals surface area contributed by atoms with Crippen molar-refractivity contribution in [1.29, 1.82) is 0 Å². The Morgan fingerprint density at radius 2 is 2.30 bits per heavy atom. The molecule has 1 N–H and O–H groups in total. The molecule has 20 heavy (non-hydrogen) atoms. The zero-order chi connectivity index (χ0) is 14.4. The molecule has 1 aromatic heterocycles. The van der Waals surface area contributed by atoms with E-state index >= 15 is 0 Å². The quantitative estimate of drug-likeness (QED) is 0.649. The first kappa shape index (κ1) is 14.7. The van der Waals surface area contributed by atoms with Crippen LogP contribution in [0.3, 0.4) is 0 Å². The van der Waals surface area contributed by atoms with E-state index in [0.717, 1.165) is 22.0 Å². The molecule has 106 valence electrons. The summed E-state index contributed by atoms with van der Waals surface area (Å²) < 4.78 is 5.59. The highest BCUT2D eigenvalue weighted by Crippen LogP contribution is 2.14. The topological polar surface area (TPSA) is 46.5 Å². The number of nitrogens with zero attached hydrogens (tertiary/aromatic N) is 2. The zero-order valence-electron chi connectivity index (χ0n) is 12.0. The van der Waals surface area contributed by atoms with Gasteiger partial charge in [0.2, 0.25) is 5.13 Å². The van der Waals surface area contributed by atoms with Gasteiger partial charge in [0, 0.05) is 5.38 Å². The van der Waals surface area contributed by atoms with Crippen molar-refractivity contribution in [3.8, 4) is 0 Å². The molecule has 1 aromatic carbocycles. The molecule has 0 aliphatic carbocycles.